The number of carbonyl (C=O) groups excluding carboxylic acids is 1. The maximum Gasteiger partial charge on any atom is 0.234 e. The third-order valence-corrected chi connectivity index (χ3v) is 4.73. The highest BCUT2D eigenvalue weighted by atomic mass is 19.1. The van der Waals surface area contributed by atoms with Gasteiger partial charge in [-0.3, -0.25) is 9.69 Å². The quantitative estimate of drug-likeness (QED) is 0.865. The van der Waals surface area contributed by atoms with Gasteiger partial charge in [0.2, 0.25) is 5.91 Å². The van der Waals surface area contributed by atoms with Gasteiger partial charge in [-0.2, -0.15) is 5.26 Å². The van der Waals surface area contributed by atoms with Gasteiger partial charge in [-0.1, -0.05) is 6.07 Å². The number of piperazine rings is 1. The van der Waals surface area contributed by atoms with E-state index in [1.165, 1.54) is 6.07 Å². The molecule has 1 amide bonds. The van der Waals surface area contributed by atoms with Crippen molar-refractivity contribution in [3.63, 3.8) is 0 Å². The second-order valence-electron chi connectivity index (χ2n) is 6.45. The van der Waals surface area contributed by atoms with Gasteiger partial charge in [0.25, 0.3) is 0 Å². The van der Waals surface area contributed by atoms with Gasteiger partial charge in [-0.15, -0.1) is 0 Å². The summed E-state index contributed by atoms with van der Waals surface area (Å²) >= 11 is 0. The molecule has 0 unspecified atom stereocenters. The highest BCUT2D eigenvalue weighted by molar-refractivity contribution is 5.78. The number of ether oxygens (including phenoxy) is 1. The lowest BCUT2D eigenvalue weighted by molar-refractivity contribution is -0.122. The summed E-state index contributed by atoms with van der Waals surface area (Å²) in [4.78, 5) is 16.1. The number of anilines is 1. The summed E-state index contributed by atoms with van der Waals surface area (Å²) in [6.45, 7) is 4.45. The van der Waals surface area contributed by atoms with Crippen molar-refractivity contribution in [2.75, 3.05) is 50.8 Å². The van der Waals surface area contributed by atoms with Gasteiger partial charge in [0.05, 0.1) is 18.3 Å². The molecule has 134 valence electrons. The fourth-order valence-corrected chi connectivity index (χ4v) is 3.33. The topological polar surface area (TPSA) is 68.6 Å². The minimum absolute atomic E-state index is 0.00687. The number of rotatable bonds is 5. The Morgan fingerprint density at radius 1 is 1.36 bits per heavy atom. The number of benzene rings is 1. The molecule has 2 heterocycles. The second-order valence-corrected chi connectivity index (χ2v) is 6.45. The molecule has 0 aliphatic carbocycles. The molecule has 0 aromatic heterocycles. The first-order chi connectivity index (χ1) is 12.2. The molecule has 1 N–H and O–H groups in total. The highest BCUT2D eigenvalue weighted by Gasteiger charge is 2.22. The molecular formula is C18H23FN4O2. The lowest BCUT2D eigenvalue weighted by atomic mass is 10.1. The van der Waals surface area contributed by atoms with E-state index in [-0.39, 0.29) is 17.6 Å². The van der Waals surface area contributed by atoms with E-state index < -0.39 is 5.82 Å². The molecule has 25 heavy (non-hydrogen) atoms. The lowest BCUT2D eigenvalue weighted by Gasteiger charge is -2.36. The molecule has 2 fully saturated rings. The number of nitrogens with zero attached hydrogens (tertiary/aromatic N) is 3. The smallest absolute Gasteiger partial charge is 0.234 e. The number of nitrogens with one attached hydrogen (secondary N) is 1. The summed E-state index contributed by atoms with van der Waals surface area (Å²) in [6, 6.07) is 6.63. The van der Waals surface area contributed by atoms with Gasteiger partial charge in [-0.25, -0.2) is 4.39 Å². The number of amides is 1. The van der Waals surface area contributed by atoms with Crippen molar-refractivity contribution in [3.8, 4) is 6.07 Å². The fourth-order valence-electron chi connectivity index (χ4n) is 3.33. The Balaban J connectivity index is 1.46. The summed E-state index contributed by atoms with van der Waals surface area (Å²) in [6.07, 6.45) is 2.22. The number of halogens is 1. The first-order valence-corrected chi connectivity index (χ1v) is 8.71. The Kier molecular flexibility index (Phi) is 5.84. The molecule has 0 saturated carbocycles. The van der Waals surface area contributed by atoms with E-state index in [0.717, 1.165) is 19.4 Å². The van der Waals surface area contributed by atoms with Crippen LogP contribution >= 0.6 is 0 Å². The minimum atomic E-state index is -0.490. The van der Waals surface area contributed by atoms with Gasteiger partial charge in [0, 0.05) is 39.3 Å². The zero-order valence-electron chi connectivity index (χ0n) is 14.2. The summed E-state index contributed by atoms with van der Waals surface area (Å²) in [5.41, 5.74) is 0.718. The number of carbonyl (C=O) groups is 1. The molecule has 0 spiro atoms. The van der Waals surface area contributed by atoms with E-state index in [4.69, 9.17) is 10.00 Å². The van der Waals surface area contributed by atoms with Gasteiger partial charge in [0.1, 0.15) is 17.4 Å². The van der Waals surface area contributed by atoms with Crippen LogP contribution in [-0.2, 0) is 9.53 Å². The maximum absolute atomic E-state index is 13.7. The Labute approximate surface area is 147 Å². The van der Waals surface area contributed by atoms with Gasteiger partial charge in [0.15, 0.2) is 0 Å². The molecular weight excluding hydrogens is 323 g/mol. The van der Waals surface area contributed by atoms with Gasteiger partial charge < -0.3 is 15.0 Å². The summed E-state index contributed by atoms with van der Waals surface area (Å²) < 4.78 is 19.2. The monoisotopic (exact) mass is 346 g/mol. The summed E-state index contributed by atoms with van der Waals surface area (Å²) in [5, 5.41) is 12.1. The Hall–Kier alpha value is -2.17. The first kappa shape index (κ1) is 17.6. The van der Waals surface area contributed by atoms with Crippen molar-refractivity contribution < 1.29 is 13.9 Å². The fraction of sp³-hybridized carbons (Fsp3) is 0.556. The zero-order valence-corrected chi connectivity index (χ0v) is 14.2. The average Bonchev–Trinajstić information content (AvgIpc) is 3.14. The summed E-state index contributed by atoms with van der Waals surface area (Å²) in [7, 11) is 0. The minimum Gasteiger partial charge on any atom is -0.376 e. The Bertz CT molecular complexity index is 647. The van der Waals surface area contributed by atoms with Crippen LogP contribution in [0.5, 0.6) is 0 Å². The van der Waals surface area contributed by atoms with Crippen LogP contribution in [0, 0.1) is 17.1 Å². The van der Waals surface area contributed by atoms with Gasteiger partial charge in [-0.05, 0) is 25.0 Å². The standard InChI is InChI=1S/C18H23FN4O2/c19-16-4-1-5-17(15(16)11-20)23-8-6-22(7-9-23)13-18(24)21-12-14-3-2-10-25-14/h1,4-5,14H,2-3,6-10,12-13H2,(H,21,24)/t14-/m0/s1. The predicted molar refractivity (Wildman–Crippen MR) is 91.8 cm³/mol. The van der Waals surface area contributed by atoms with Crippen LogP contribution < -0.4 is 10.2 Å². The van der Waals surface area contributed by atoms with Crippen LogP contribution in [0.25, 0.3) is 0 Å². The average molecular weight is 346 g/mol. The van der Waals surface area contributed by atoms with Crippen LogP contribution in [-0.4, -0.2) is 62.8 Å². The van der Waals surface area contributed by atoms with E-state index in [1.54, 1.807) is 12.1 Å². The van der Waals surface area contributed by atoms with Crippen molar-refractivity contribution in [2.24, 2.45) is 0 Å². The normalized spacial score (nSPS) is 21.1. The van der Waals surface area contributed by atoms with Crippen molar-refractivity contribution in [1.29, 1.82) is 5.26 Å². The van der Waals surface area contributed by atoms with Crippen LogP contribution in [0.3, 0.4) is 0 Å². The maximum atomic E-state index is 13.7. The van der Waals surface area contributed by atoms with Crippen LogP contribution in [0.2, 0.25) is 0 Å². The van der Waals surface area contributed by atoms with Gasteiger partial charge >= 0.3 is 0 Å². The first-order valence-electron chi connectivity index (χ1n) is 8.71. The summed E-state index contributed by atoms with van der Waals surface area (Å²) in [5.74, 6) is -0.483. The SMILES string of the molecule is N#Cc1c(F)cccc1N1CCN(CC(=O)NC[C@@H]2CCCO2)CC1. The molecule has 1 aromatic rings. The molecule has 2 aliphatic rings. The third kappa shape index (κ3) is 4.47. The number of hydrogen-bond donors (Lipinski definition) is 1. The molecule has 1 aromatic carbocycles. The van der Waals surface area contributed by atoms with E-state index in [2.05, 4.69) is 10.2 Å². The van der Waals surface area contributed by atoms with Crippen molar-refractivity contribution in [3.05, 3.63) is 29.6 Å². The molecule has 2 saturated heterocycles. The van der Waals surface area contributed by atoms with Crippen LogP contribution in [0.15, 0.2) is 18.2 Å². The number of nitriles is 1. The molecule has 3 rings (SSSR count). The van der Waals surface area contributed by atoms with Crippen molar-refractivity contribution >= 4 is 11.6 Å². The van der Waals surface area contributed by atoms with Crippen LogP contribution in [0.4, 0.5) is 10.1 Å². The molecule has 2 aliphatic heterocycles. The second kappa shape index (κ2) is 8.28. The predicted octanol–water partition coefficient (Wildman–Crippen LogP) is 1.11. The van der Waals surface area contributed by atoms with Crippen molar-refractivity contribution in [2.45, 2.75) is 18.9 Å². The van der Waals surface area contributed by atoms with Crippen molar-refractivity contribution in [1.82, 2.24) is 10.2 Å². The molecule has 6 nitrogen and oxygen atoms in total. The number of hydrogen-bond acceptors (Lipinski definition) is 5. The zero-order chi connectivity index (χ0) is 17.6. The highest BCUT2D eigenvalue weighted by Crippen LogP contribution is 2.23. The van der Waals surface area contributed by atoms with E-state index >= 15 is 0 Å². The van der Waals surface area contributed by atoms with E-state index in [9.17, 15) is 9.18 Å². The van der Waals surface area contributed by atoms with E-state index in [1.807, 2.05) is 11.0 Å². The molecule has 0 bridgehead atoms. The molecule has 7 heteroatoms. The largest absolute Gasteiger partial charge is 0.376 e. The Morgan fingerprint density at radius 3 is 2.84 bits per heavy atom. The lowest BCUT2D eigenvalue weighted by Crippen LogP contribution is -2.50. The Morgan fingerprint density at radius 2 is 2.16 bits per heavy atom. The molecule has 1 atom stereocenters. The molecule has 0 radical (unpaired) electrons. The van der Waals surface area contributed by atoms with Crippen LogP contribution in [0.1, 0.15) is 18.4 Å². The third-order valence-electron chi connectivity index (χ3n) is 4.73. The van der Waals surface area contributed by atoms with E-state index in [0.29, 0.717) is 45.0 Å².